The second-order valence-electron chi connectivity index (χ2n) is 3.56. The summed E-state index contributed by atoms with van der Waals surface area (Å²) in [6, 6.07) is 2.15. The van der Waals surface area contributed by atoms with Gasteiger partial charge in [-0.05, 0) is 30.9 Å². The molecule has 0 amide bonds. The average molecular weight is 270 g/mol. The zero-order valence-electron chi connectivity index (χ0n) is 9.27. The second-order valence-corrected chi connectivity index (χ2v) is 6.82. The minimum atomic E-state index is 0.338. The molecule has 0 saturated carbocycles. The van der Waals surface area contributed by atoms with Crippen molar-refractivity contribution in [2.45, 2.75) is 23.4 Å². The van der Waals surface area contributed by atoms with Gasteiger partial charge in [0, 0.05) is 22.5 Å². The number of nitrogens with zero attached hydrogens (tertiary/aromatic N) is 1. The number of thiazole rings is 1. The number of hydrogen-bond donors (Lipinski definition) is 1. The predicted molar refractivity (Wildman–Crippen MR) is 73.6 cm³/mol. The van der Waals surface area contributed by atoms with Gasteiger partial charge in [-0.1, -0.05) is 11.8 Å². The molecular formula is C11H14N2S3. The monoisotopic (exact) mass is 270 g/mol. The topological polar surface area (TPSA) is 38.9 Å². The Hall–Kier alpha value is -0.360. The SMILES string of the molecule is Cc1csc(SC(CN)c2sccc2C)n1. The summed E-state index contributed by atoms with van der Waals surface area (Å²) in [4.78, 5) is 5.84. The Kier molecular flexibility index (Phi) is 4.02. The van der Waals surface area contributed by atoms with Crippen molar-refractivity contribution in [2.24, 2.45) is 5.73 Å². The van der Waals surface area contributed by atoms with E-state index in [4.69, 9.17) is 5.73 Å². The van der Waals surface area contributed by atoms with Crippen LogP contribution in [0.25, 0.3) is 0 Å². The van der Waals surface area contributed by atoms with E-state index in [1.807, 2.05) is 6.92 Å². The Morgan fingerprint density at radius 2 is 2.25 bits per heavy atom. The molecule has 2 heterocycles. The van der Waals surface area contributed by atoms with E-state index >= 15 is 0 Å². The molecule has 0 bridgehead atoms. The highest BCUT2D eigenvalue weighted by Gasteiger charge is 2.16. The number of thiophene rings is 1. The molecule has 2 rings (SSSR count). The van der Waals surface area contributed by atoms with Crippen LogP contribution in [0.1, 0.15) is 21.4 Å². The molecule has 1 atom stereocenters. The fourth-order valence-electron chi connectivity index (χ4n) is 1.43. The third-order valence-corrected chi connectivity index (χ3v) is 5.87. The first-order valence-electron chi connectivity index (χ1n) is 5.03. The van der Waals surface area contributed by atoms with Gasteiger partial charge >= 0.3 is 0 Å². The van der Waals surface area contributed by atoms with Crippen LogP contribution < -0.4 is 5.73 Å². The molecule has 2 nitrogen and oxygen atoms in total. The smallest absolute Gasteiger partial charge is 0.150 e. The van der Waals surface area contributed by atoms with E-state index in [0.717, 1.165) is 10.0 Å². The van der Waals surface area contributed by atoms with E-state index in [2.05, 4.69) is 28.7 Å². The molecule has 0 radical (unpaired) electrons. The summed E-state index contributed by atoms with van der Waals surface area (Å²) in [7, 11) is 0. The average Bonchev–Trinajstić information content (AvgIpc) is 2.84. The van der Waals surface area contributed by atoms with E-state index in [1.165, 1.54) is 10.4 Å². The van der Waals surface area contributed by atoms with Gasteiger partial charge in [0.05, 0.1) is 5.25 Å². The Morgan fingerprint density at radius 3 is 2.75 bits per heavy atom. The Balaban J connectivity index is 2.15. The fraction of sp³-hybridized carbons (Fsp3) is 0.364. The molecule has 0 fully saturated rings. The van der Waals surface area contributed by atoms with Gasteiger partial charge in [-0.15, -0.1) is 22.7 Å². The van der Waals surface area contributed by atoms with E-state index < -0.39 is 0 Å². The molecule has 2 aromatic rings. The van der Waals surface area contributed by atoms with Gasteiger partial charge in [0.1, 0.15) is 0 Å². The number of aryl methyl sites for hydroxylation is 2. The Labute approximate surface area is 108 Å². The number of thioether (sulfide) groups is 1. The van der Waals surface area contributed by atoms with E-state index in [9.17, 15) is 0 Å². The van der Waals surface area contributed by atoms with E-state index in [-0.39, 0.29) is 0 Å². The second kappa shape index (κ2) is 5.31. The molecule has 5 heteroatoms. The van der Waals surface area contributed by atoms with Crippen molar-refractivity contribution < 1.29 is 0 Å². The first-order valence-corrected chi connectivity index (χ1v) is 7.67. The minimum absolute atomic E-state index is 0.338. The molecule has 86 valence electrons. The molecule has 16 heavy (non-hydrogen) atoms. The van der Waals surface area contributed by atoms with Crippen molar-refractivity contribution in [3.05, 3.63) is 33.0 Å². The van der Waals surface area contributed by atoms with Crippen LogP contribution in [-0.4, -0.2) is 11.5 Å². The van der Waals surface area contributed by atoms with Crippen LogP contribution in [0.5, 0.6) is 0 Å². The number of hydrogen-bond acceptors (Lipinski definition) is 5. The summed E-state index contributed by atoms with van der Waals surface area (Å²) in [5, 5.41) is 4.54. The fourth-order valence-corrected chi connectivity index (χ4v) is 4.73. The summed E-state index contributed by atoms with van der Waals surface area (Å²) in [5.74, 6) is 0. The molecule has 0 spiro atoms. The summed E-state index contributed by atoms with van der Waals surface area (Å²) >= 11 is 5.26. The first kappa shape index (κ1) is 12.1. The van der Waals surface area contributed by atoms with Crippen LogP contribution >= 0.6 is 34.4 Å². The van der Waals surface area contributed by atoms with Crippen molar-refractivity contribution in [1.29, 1.82) is 0 Å². The molecule has 2 N–H and O–H groups in total. The van der Waals surface area contributed by atoms with Gasteiger partial charge in [0.2, 0.25) is 0 Å². The lowest BCUT2D eigenvalue weighted by atomic mass is 10.2. The van der Waals surface area contributed by atoms with Crippen molar-refractivity contribution in [2.75, 3.05) is 6.54 Å². The molecule has 2 aromatic heterocycles. The zero-order valence-corrected chi connectivity index (χ0v) is 11.7. The summed E-state index contributed by atoms with van der Waals surface area (Å²) in [5.41, 5.74) is 8.27. The molecule has 0 aliphatic heterocycles. The maximum Gasteiger partial charge on any atom is 0.150 e. The lowest BCUT2D eigenvalue weighted by Crippen LogP contribution is -2.08. The van der Waals surface area contributed by atoms with Crippen molar-refractivity contribution in [3.63, 3.8) is 0 Å². The highest BCUT2D eigenvalue weighted by molar-refractivity contribution is 8.01. The number of nitrogens with two attached hydrogens (primary N) is 1. The van der Waals surface area contributed by atoms with Crippen molar-refractivity contribution in [1.82, 2.24) is 4.98 Å². The molecule has 0 aromatic carbocycles. The van der Waals surface area contributed by atoms with E-state index in [0.29, 0.717) is 11.8 Å². The molecule has 0 saturated heterocycles. The molecular weight excluding hydrogens is 256 g/mol. The van der Waals surface area contributed by atoms with E-state index in [1.54, 1.807) is 34.4 Å². The molecule has 0 aliphatic rings. The maximum absolute atomic E-state index is 5.85. The van der Waals surface area contributed by atoms with Crippen LogP contribution in [-0.2, 0) is 0 Å². The standard InChI is InChI=1S/C11H14N2S3/c1-7-3-4-14-10(7)9(5-12)16-11-13-8(2)6-15-11/h3-4,6,9H,5,12H2,1-2H3. The number of aromatic nitrogens is 1. The number of rotatable bonds is 4. The van der Waals surface area contributed by atoms with Crippen LogP contribution in [0.15, 0.2) is 21.2 Å². The molecule has 0 aliphatic carbocycles. The minimum Gasteiger partial charge on any atom is -0.329 e. The van der Waals surface area contributed by atoms with Gasteiger partial charge in [-0.3, -0.25) is 0 Å². The highest BCUT2D eigenvalue weighted by atomic mass is 32.2. The lowest BCUT2D eigenvalue weighted by Gasteiger charge is -2.11. The third-order valence-electron chi connectivity index (χ3n) is 2.25. The van der Waals surface area contributed by atoms with Crippen LogP contribution in [0.4, 0.5) is 0 Å². The van der Waals surface area contributed by atoms with Gasteiger partial charge in [-0.25, -0.2) is 4.98 Å². The van der Waals surface area contributed by atoms with Gasteiger partial charge in [0.15, 0.2) is 4.34 Å². The van der Waals surface area contributed by atoms with Crippen molar-refractivity contribution in [3.8, 4) is 0 Å². The normalized spacial score (nSPS) is 12.9. The first-order chi connectivity index (χ1) is 7.70. The third kappa shape index (κ3) is 2.66. The van der Waals surface area contributed by atoms with Gasteiger partial charge in [-0.2, -0.15) is 0 Å². The van der Waals surface area contributed by atoms with Crippen LogP contribution in [0, 0.1) is 13.8 Å². The van der Waals surface area contributed by atoms with Crippen molar-refractivity contribution >= 4 is 34.4 Å². The lowest BCUT2D eigenvalue weighted by molar-refractivity contribution is 0.949. The zero-order chi connectivity index (χ0) is 11.5. The molecule has 1 unspecified atom stereocenters. The van der Waals surface area contributed by atoms with Crippen LogP contribution in [0.2, 0.25) is 0 Å². The largest absolute Gasteiger partial charge is 0.329 e. The summed E-state index contributed by atoms with van der Waals surface area (Å²) in [6.45, 7) is 4.82. The summed E-state index contributed by atoms with van der Waals surface area (Å²) < 4.78 is 1.11. The predicted octanol–water partition coefficient (Wildman–Crippen LogP) is 3.61. The quantitative estimate of drug-likeness (QED) is 0.863. The maximum atomic E-state index is 5.85. The Bertz CT molecular complexity index is 461. The Morgan fingerprint density at radius 1 is 1.44 bits per heavy atom. The highest BCUT2D eigenvalue weighted by Crippen LogP contribution is 2.39. The summed E-state index contributed by atoms with van der Waals surface area (Å²) in [6.07, 6.45) is 0. The van der Waals surface area contributed by atoms with Crippen LogP contribution in [0.3, 0.4) is 0 Å². The van der Waals surface area contributed by atoms with Gasteiger partial charge < -0.3 is 5.73 Å². The van der Waals surface area contributed by atoms with Gasteiger partial charge in [0.25, 0.3) is 0 Å².